The van der Waals surface area contributed by atoms with E-state index in [4.69, 9.17) is 11.5 Å². The molecule has 4 N–H and O–H groups in total. The van der Waals surface area contributed by atoms with Crippen molar-refractivity contribution in [1.82, 2.24) is 0 Å². The molecule has 0 bridgehead atoms. The highest BCUT2D eigenvalue weighted by Gasteiger charge is 2.15. The number of rotatable bonds is 4. The van der Waals surface area contributed by atoms with Crippen molar-refractivity contribution >= 4 is 11.9 Å². The van der Waals surface area contributed by atoms with Gasteiger partial charge in [-0.05, 0) is 43.5 Å². The highest BCUT2D eigenvalue weighted by Crippen LogP contribution is 2.06. The van der Waals surface area contributed by atoms with E-state index in [0.717, 1.165) is 25.9 Å². The predicted molar refractivity (Wildman–Crippen MR) is 103 cm³/mol. The van der Waals surface area contributed by atoms with Crippen LogP contribution in [0, 0.1) is 0 Å². The van der Waals surface area contributed by atoms with Crippen LogP contribution >= 0.6 is 0 Å². The lowest BCUT2D eigenvalue weighted by Crippen LogP contribution is -2.17. The molecule has 0 radical (unpaired) electrons. The fraction of sp³-hybridized carbons (Fsp3) is 0.333. The van der Waals surface area contributed by atoms with Crippen molar-refractivity contribution in [1.29, 1.82) is 0 Å². The minimum absolute atomic E-state index is 0.388. The van der Waals surface area contributed by atoms with E-state index in [1.54, 1.807) is 0 Å². The van der Waals surface area contributed by atoms with Gasteiger partial charge in [-0.25, -0.2) is 0 Å². The summed E-state index contributed by atoms with van der Waals surface area (Å²) < 4.78 is 4.21. The summed E-state index contributed by atoms with van der Waals surface area (Å²) >= 11 is 0. The Kier molecular flexibility index (Phi) is 11.4. The molecule has 0 unspecified atom stereocenters. The van der Waals surface area contributed by atoms with Gasteiger partial charge in [0, 0.05) is 12.8 Å². The molecule has 0 aromatic heterocycles. The Morgan fingerprint density at radius 2 is 1.08 bits per heavy atom. The van der Waals surface area contributed by atoms with Crippen LogP contribution in [-0.2, 0) is 27.2 Å². The molecular weight excluding hydrogens is 328 g/mol. The molecule has 140 valence electrons. The first kappa shape index (κ1) is 21.5. The number of cyclic esters (lactones) is 2. The van der Waals surface area contributed by atoms with Crippen LogP contribution in [0.15, 0.2) is 60.7 Å². The molecule has 3 rings (SSSR count). The average Bonchev–Trinajstić information content (AvgIpc) is 2.65. The molecule has 1 fully saturated rings. The summed E-state index contributed by atoms with van der Waals surface area (Å²) in [6.07, 6.45) is 3.41. The van der Waals surface area contributed by atoms with E-state index < -0.39 is 0 Å². The van der Waals surface area contributed by atoms with Crippen LogP contribution < -0.4 is 11.5 Å². The number of nitrogens with two attached hydrogens (primary N) is 2. The van der Waals surface area contributed by atoms with Crippen LogP contribution in [0.2, 0.25) is 0 Å². The van der Waals surface area contributed by atoms with Crippen LogP contribution in [0.1, 0.15) is 30.4 Å². The second-order valence-corrected chi connectivity index (χ2v) is 5.75. The Morgan fingerprint density at radius 1 is 0.692 bits per heavy atom. The summed E-state index contributed by atoms with van der Waals surface area (Å²) in [6.45, 7) is 1.48. The van der Waals surface area contributed by atoms with Gasteiger partial charge in [-0.1, -0.05) is 60.7 Å². The normalized spacial score (nSPS) is 12.8. The van der Waals surface area contributed by atoms with Crippen LogP contribution in [0.3, 0.4) is 0 Å². The van der Waals surface area contributed by atoms with Crippen LogP contribution in [0.25, 0.3) is 0 Å². The van der Waals surface area contributed by atoms with E-state index in [2.05, 4.69) is 29.0 Å². The number of carbonyl (C=O) groups is 2. The van der Waals surface area contributed by atoms with Crippen molar-refractivity contribution in [3.63, 3.8) is 0 Å². The third-order valence-corrected chi connectivity index (χ3v) is 3.54. The van der Waals surface area contributed by atoms with Crippen LogP contribution in [0.5, 0.6) is 0 Å². The average molecular weight is 356 g/mol. The Hall–Kier alpha value is -2.50. The van der Waals surface area contributed by atoms with Crippen molar-refractivity contribution in [3.8, 4) is 0 Å². The molecule has 0 saturated carbocycles. The molecule has 2 aromatic carbocycles. The first-order valence-electron chi connectivity index (χ1n) is 8.87. The van der Waals surface area contributed by atoms with Gasteiger partial charge in [-0.15, -0.1) is 0 Å². The second kappa shape index (κ2) is 13.8. The highest BCUT2D eigenvalue weighted by atomic mass is 16.6. The summed E-state index contributed by atoms with van der Waals surface area (Å²) in [5.41, 5.74) is 13.4. The van der Waals surface area contributed by atoms with Gasteiger partial charge in [0.2, 0.25) is 0 Å². The monoisotopic (exact) mass is 356 g/mol. The molecule has 0 spiro atoms. The van der Waals surface area contributed by atoms with Crippen LogP contribution in [-0.4, -0.2) is 25.0 Å². The van der Waals surface area contributed by atoms with Gasteiger partial charge >= 0.3 is 11.9 Å². The van der Waals surface area contributed by atoms with Crippen molar-refractivity contribution in [2.24, 2.45) is 11.5 Å². The lowest BCUT2D eigenvalue weighted by atomic mass is 10.2. The summed E-state index contributed by atoms with van der Waals surface area (Å²) in [5.74, 6) is -0.775. The maximum Gasteiger partial charge on any atom is 0.313 e. The largest absolute Gasteiger partial charge is 0.393 e. The smallest absolute Gasteiger partial charge is 0.313 e. The SMILES string of the molecule is NCCc1ccccc1.NCCc1ccccc1.O=C1CCCC(=O)O1. The summed E-state index contributed by atoms with van der Waals surface area (Å²) in [4.78, 5) is 20.5. The molecular formula is C21H28N2O3. The van der Waals surface area contributed by atoms with Gasteiger partial charge < -0.3 is 16.2 Å². The number of benzene rings is 2. The van der Waals surface area contributed by atoms with E-state index in [1.165, 1.54) is 11.1 Å². The number of esters is 2. The maximum absolute atomic E-state index is 10.2. The van der Waals surface area contributed by atoms with Gasteiger partial charge in [-0.2, -0.15) is 0 Å². The molecule has 0 aliphatic carbocycles. The molecule has 1 saturated heterocycles. The minimum atomic E-state index is -0.388. The Balaban J connectivity index is 0.000000195. The topological polar surface area (TPSA) is 95.4 Å². The van der Waals surface area contributed by atoms with Gasteiger partial charge in [0.1, 0.15) is 0 Å². The maximum atomic E-state index is 10.2. The molecule has 1 aliphatic rings. The van der Waals surface area contributed by atoms with Crippen molar-refractivity contribution < 1.29 is 14.3 Å². The predicted octanol–water partition coefficient (Wildman–Crippen LogP) is 2.62. The Morgan fingerprint density at radius 3 is 1.35 bits per heavy atom. The molecule has 0 amide bonds. The van der Waals surface area contributed by atoms with E-state index >= 15 is 0 Å². The Labute approximate surface area is 155 Å². The van der Waals surface area contributed by atoms with Crippen LogP contribution in [0.4, 0.5) is 0 Å². The van der Waals surface area contributed by atoms with Crippen molar-refractivity contribution in [3.05, 3.63) is 71.8 Å². The fourth-order valence-electron chi connectivity index (χ4n) is 2.23. The first-order valence-corrected chi connectivity index (χ1v) is 8.87. The lowest BCUT2D eigenvalue weighted by Gasteiger charge is -2.06. The van der Waals surface area contributed by atoms with Crippen molar-refractivity contribution in [2.75, 3.05) is 13.1 Å². The molecule has 0 atom stereocenters. The number of ether oxygens (including phenoxy) is 1. The third-order valence-electron chi connectivity index (χ3n) is 3.54. The lowest BCUT2D eigenvalue weighted by molar-refractivity contribution is -0.163. The summed E-state index contributed by atoms with van der Waals surface area (Å²) in [7, 11) is 0. The summed E-state index contributed by atoms with van der Waals surface area (Å²) in [5, 5.41) is 0. The number of carbonyl (C=O) groups excluding carboxylic acids is 2. The highest BCUT2D eigenvalue weighted by molar-refractivity contribution is 5.87. The van der Waals surface area contributed by atoms with E-state index in [1.807, 2.05) is 36.4 Å². The number of hydrogen-bond acceptors (Lipinski definition) is 5. The first-order chi connectivity index (χ1) is 12.7. The van der Waals surface area contributed by atoms with Gasteiger partial charge in [0.25, 0.3) is 0 Å². The molecule has 5 nitrogen and oxygen atoms in total. The second-order valence-electron chi connectivity index (χ2n) is 5.75. The molecule has 2 aromatic rings. The molecule has 26 heavy (non-hydrogen) atoms. The van der Waals surface area contributed by atoms with E-state index in [-0.39, 0.29) is 11.9 Å². The van der Waals surface area contributed by atoms with Gasteiger partial charge in [-0.3, -0.25) is 9.59 Å². The van der Waals surface area contributed by atoms with E-state index in [0.29, 0.717) is 19.3 Å². The zero-order valence-electron chi connectivity index (χ0n) is 15.1. The quantitative estimate of drug-likeness (QED) is 0.648. The molecule has 1 aliphatic heterocycles. The van der Waals surface area contributed by atoms with E-state index in [9.17, 15) is 9.59 Å². The standard InChI is InChI=1S/2C8H11N.C5H6O3/c2*9-7-6-8-4-2-1-3-5-8;6-4-2-1-3-5(7)8-4/h2*1-5H,6-7,9H2;1-3H2. The third kappa shape index (κ3) is 10.4. The number of hydrogen-bond donors (Lipinski definition) is 2. The minimum Gasteiger partial charge on any atom is -0.393 e. The summed E-state index contributed by atoms with van der Waals surface area (Å²) in [6, 6.07) is 20.5. The zero-order chi connectivity index (χ0) is 19.0. The molecule has 5 heteroatoms. The van der Waals surface area contributed by atoms with Gasteiger partial charge in [0.05, 0.1) is 0 Å². The van der Waals surface area contributed by atoms with Gasteiger partial charge in [0.15, 0.2) is 0 Å². The van der Waals surface area contributed by atoms with Crippen molar-refractivity contribution in [2.45, 2.75) is 32.1 Å². The molecule has 1 heterocycles. The zero-order valence-corrected chi connectivity index (χ0v) is 15.1. The fourth-order valence-corrected chi connectivity index (χ4v) is 2.23. The Bertz CT molecular complexity index is 575.